The number of hydrogen-bond acceptors (Lipinski definition) is 2. The van der Waals surface area contributed by atoms with Crippen LogP contribution in [0.15, 0.2) is 46.9 Å². The van der Waals surface area contributed by atoms with Crippen molar-refractivity contribution in [3.63, 3.8) is 0 Å². The summed E-state index contributed by atoms with van der Waals surface area (Å²) in [5, 5.41) is 0. The van der Waals surface area contributed by atoms with E-state index >= 15 is 0 Å². The lowest BCUT2D eigenvalue weighted by Gasteiger charge is -2.13. The van der Waals surface area contributed by atoms with Gasteiger partial charge in [0.15, 0.2) is 9.84 Å². The van der Waals surface area contributed by atoms with Crippen LogP contribution in [0.2, 0.25) is 0 Å². The maximum absolute atomic E-state index is 12.0. The van der Waals surface area contributed by atoms with Crippen LogP contribution in [-0.2, 0) is 9.84 Å². The third-order valence-electron chi connectivity index (χ3n) is 3.19. The minimum Gasteiger partial charge on any atom is -0.223 e. The standard InChI is InChI=1S/C14H18O2S/c15-17(16,14-9-5-2-6-10-14)12-11-13-7-3-1-4-8-13/h2,5-6,9-11H,1,3-4,7-8,12H2. The Kier molecular flexibility index (Phi) is 4.00. The molecule has 1 fully saturated rings. The van der Waals surface area contributed by atoms with E-state index in [-0.39, 0.29) is 5.75 Å². The van der Waals surface area contributed by atoms with E-state index < -0.39 is 9.84 Å². The molecule has 0 amide bonds. The van der Waals surface area contributed by atoms with E-state index in [2.05, 4.69) is 0 Å². The smallest absolute Gasteiger partial charge is 0.181 e. The Labute approximate surface area is 103 Å². The average Bonchev–Trinajstić information content (AvgIpc) is 2.39. The fourth-order valence-corrected chi connectivity index (χ4v) is 3.38. The Morgan fingerprint density at radius 3 is 2.29 bits per heavy atom. The molecule has 0 spiro atoms. The van der Waals surface area contributed by atoms with E-state index in [0.29, 0.717) is 4.90 Å². The zero-order chi connectivity index (χ0) is 12.1. The molecule has 1 aromatic carbocycles. The van der Waals surface area contributed by atoms with Crippen molar-refractivity contribution >= 4 is 9.84 Å². The van der Waals surface area contributed by atoms with Crippen LogP contribution in [-0.4, -0.2) is 14.2 Å². The normalized spacial score (nSPS) is 16.8. The number of sulfone groups is 1. The minimum absolute atomic E-state index is 0.145. The van der Waals surface area contributed by atoms with Crippen molar-refractivity contribution in [1.29, 1.82) is 0 Å². The predicted octanol–water partition coefficient (Wildman–Crippen LogP) is 3.35. The van der Waals surface area contributed by atoms with E-state index in [1.54, 1.807) is 24.3 Å². The summed E-state index contributed by atoms with van der Waals surface area (Å²) in [7, 11) is -3.14. The molecule has 0 aromatic heterocycles. The summed E-state index contributed by atoms with van der Waals surface area (Å²) in [6, 6.07) is 8.68. The molecule has 0 N–H and O–H groups in total. The van der Waals surface area contributed by atoms with Crippen LogP contribution < -0.4 is 0 Å². The van der Waals surface area contributed by atoms with Crippen molar-refractivity contribution in [3.8, 4) is 0 Å². The third-order valence-corrected chi connectivity index (χ3v) is 4.79. The van der Waals surface area contributed by atoms with E-state index in [1.165, 1.54) is 24.8 Å². The molecule has 0 atom stereocenters. The fraction of sp³-hybridized carbons (Fsp3) is 0.429. The summed E-state index contributed by atoms with van der Waals surface area (Å²) in [6.07, 6.45) is 7.76. The van der Waals surface area contributed by atoms with Crippen molar-refractivity contribution in [2.45, 2.75) is 37.0 Å². The monoisotopic (exact) mass is 250 g/mol. The van der Waals surface area contributed by atoms with Crippen molar-refractivity contribution in [2.75, 3.05) is 5.75 Å². The number of benzene rings is 1. The first-order chi connectivity index (χ1) is 8.18. The molecule has 92 valence electrons. The summed E-state index contributed by atoms with van der Waals surface area (Å²) >= 11 is 0. The molecule has 0 unspecified atom stereocenters. The lowest BCUT2D eigenvalue weighted by Crippen LogP contribution is -2.06. The first-order valence-corrected chi connectivity index (χ1v) is 7.79. The highest BCUT2D eigenvalue weighted by molar-refractivity contribution is 7.91. The van der Waals surface area contributed by atoms with Crippen LogP contribution in [0.3, 0.4) is 0 Å². The lowest BCUT2D eigenvalue weighted by molar-refractivity contribution is 0.592. The van der Waals surface area contributed by atoms with Crippen molar-refractivity contribution < 1.29 is 8.42 Å². The van der Waals surface area contributed by atoms with Gasteiger partial charge in [-0.25, -0.2) is 8.42 Å². The first-order valence-electron chi connectivity index (χ1n) is 6.14. The first kappa shape index (κ1) is 12.4. The van der Waals surface area contributed by atoms with Crippen LogP contribution in [0, 0.1) is 0 Å². The topological polar surface area (TPSA) is 34.1 Å². The largest absolute Gasteiger partial charge is 0.223 e. The highest BCUT2D eigenvalue weighted by atomic mass is 32.2. The van der Waals surface area contributed by atoms with Crippen LogP contribution in [0.5, 0.6) is 0 Å². The molecule has 1 aliphatic rings. The van der Waals surface area contributed by atoms with Gasteiger partial charge in [0.25, 0.3) is 0 Å². The summed E-state index contributed by atoms with van der Waals surface area (Å²) in [5.41, 5.74) is 1.32. The lowest BCUT2D eigenvalue weighted by atomic mass is 9.95. The minimum atomic E-state index is -3.14. The molecule has 2 nitrogen and oxygen atoms in total. The Balaban J connectivity index is 2.08. The van der Waals surface area contributed by atoms with Crippen LogP contribution in [0.1, 0.15) is 32.1 Å². The van der Waals surface area contributed by atoms with Gasteiger partial charge in [0.2, 0.25) is 0 Å². The highest BCUT2D eigenvalue weighted by Gasteiger charge is 2.13. The molecular formula is C14H18O2S. The second-order valence-electron chi connectivity index (χ2n) is 4.52. The zero-order valence-corrected chi connectivity index (χ0v) is 10.7. The molecule has 1 saturated carbocycles. The molecule has 0 aliphatic heterocycles. The summed E-state index contributed by atoms with van der Waals surface area (Å²) < 4.78 is 24.1. The van der Waals surface area contributed by atoms with Crippen molar-refractivity contribution in [1.82, 2.24) is 0 Å². The molecule has 3 heteroatoms. The van der Waals surface area contributed by atoms with E-state index in [9.17, 15) is 8.42 Å². The fourth-order valence-electron chi connectivity index (χ4n) is 2.16. The number of hydrogen-bond donors (Lipinski definition) is 0. The van der Waals surface area contributed by atoms with Gasteiger partial charge in [0.05, 0.1) is 10.6 Å². The van der Waals surface area contributed by atoms with Gasteiger partial charge >= 0.3 is 0 Å². The van der Waals surface area contributed by atoms with E-state index in [4.69, 9.17) is 0 Å². The number of allylic oxidation sites excluding steroid dienone is 1. The van der Waals surface area contributed by atoms with Crippen LogP contribution in [0.4, 0.5) is 0 Å². The van der Waals surface area contributed by atoms with Gasteiger partial charge in [-0.15, -0.1) is 0 Å². The second-order valence-corrected chi connectivity index (χ2v) is 6.55. The SMILES string of the molecule is O=S(=O)(CC=C1CCCCC1)c1ccccc1. The third kappa shape index (κ3) is 3.43. The van der Waals surface area contributed by atoms with Gasteiger partial charge in [0.1, 0.15) is 0 Å². The molecule has 0 saturated heterocycles. The second kappa shape index (κ2) is 5.50. The molecule has 0 radical (unpaired) electrons. The Morgan fingerprint density at radius 2 is 1.65 bits per heavy atom. The van der Waals surface area contributed by atoms with E-state index in [0.717, 1.165) is 12.8 Å². The number of rotatable bonds is 3. The van der Waals surface area contributed by atoms with Gasteiger partial charge in [-0.05, 0) is 37.8 Å². The summed E-state index contributed by atoms with van der Waals surface area (Å²) in [4.78, 5) is 0.424. The van der Waals surface area contributed by atoms with Gasteiger partial charge in [0, 0.05) is 0 Å². The molecule has 1 aliphatic carbocycles. The molecular weight excluding hydrogens is 232 g/mol. The Morgan fingerprint density at radius 1 is 1.00 bits per heavy atom. The predicted molar refractivity (Wildman–Crippen MR) is 69.7 cm³/mol. The molecule has 2 rings (SSSR count). The van der Waals surface area contributed by atoms with Gasteiger partial charge in [-0.2, -0.15) is 0 Å². The summed E-state index contributed by atoms with van der Waals surface area (Å²) in [6.45, 7) is 0. The van der Waals surface area contributed by atoms with Crippen molar-refractivity contribution in [3.05, 3.63) is 42.0 Å². The van der Waals surface area contributed by atoms with Crippen LogP contribution >= 0.6 is 0 Å². The maximum Gasteiger partial charge on any atom is 0.181 e. The molecule has 0 heterocycles. The zero-order valence-electron chi connectivity index (χ0n) is 9.93. The van der Waals surface area contributed by atoms with Crippen molar-refractivity contribution in [2.24, 2.45) is 0 Å². The quantitative estimate of drug-likeness (QED) is 0.771. The Hall–Kier alpha value is -1.09. The maximum atomic E-state index is 12.0. The molecule has 0 bridgehead atoms. The molecule has 1 aromatic rings. The Bertz CT molecular complexity index is 478. The van der Waals surface area contributed by atoms with Crippen LogP contribution in [0.25, 0.3) is 0 Å². The highest BCUT2D eigenvalue weighted by Crippen LogP contribution is 2.23. The summed E-state index contributed by atoms with van der Waals surface area (Å²) in [5.74, 6) is 0.145. The van der Waals surface area contributed by atoms with Gasteiger partial charge in [-0.1, -0.05) is 36.3 Å². The van der Waals surface area contributed by atoms with E-state index in [1.807, 2.05) is 12.1 Å². The average molecular weight is 250 g/mol. The van der Waals surface area contributed by atoms with Gasteiger partial charge < -0.3 is 0 Å². The van der Waals surface area contributed by atoms with Gasteiger partial charge in [-0.3, -0.25) is 0 Å². The molecule has 17 heavy (non-hydrogen) atoms.